The van der Waals surface area contributed by atoms with Gasteiger partial charge >= 0.3 is 0 Å². The van der Waals surface area contributed by atoms with Gasteiger partial charge in [0.05, 0.1) is 0 Å². The number of hydrogen-bond acceptors (Lipinski definition) is 5. The highest BCUT2D eigenvalue weighted by Crippen LogP contribution is 2.13. The van der Waals surface area contributed by atoms with E-state index in [1.54, 1.807) is 23.8 Å². The van der Waals surface area contributed by atoms with Crippen molar-refractivity contribution < 1.29 is 4.79 Å². The minimum atomic E-state index is -0.250. The molecule has 1 amide bonds. The molecule has 5 nitrogen and oxygen atoms in total. The molecular formula is C11H12N4OS. The molecule has 0 spiro atoms. The normalized spacial score (nSPS) is 9.94. The van der Waals surface area contributed by atoms with E-state index >= 15 is 0 Å². The number of thiazole rings is 1. The molecule has 0 radical (unpaired) electrons. The molecule has 2 heterocycles. The van der Waals surface area contributed by atoms with Crippen molar-refractivity contribution in [2.75, 3.05) is 17.2 Å². The fourth-order valence-corrected chi connectivity index (χ4v) is 1.84. The minimum Gasteiger partial charge on any atom is -0.385 e. The average molecular weight is 248 g/mol. The zero-order valence-corrected chi connectivity index (χ0v) is 10.1. The van der Waals surface area contributed by atoms with E-state index in [9.17, 15) is 4.79 Å². The second-order valence-corrected chi connectivity index (χ2v) is 4.15. The van der Waals surface area contributed by atoms with Crippen molar-refractivity contribution in [1.82, 2.24) is 9.97 Å². The summed E-state index contributed by atoms with van der Waals surface area (Å²) in [6.45, 7) is 2.80. The maximum Gasteiger partial charge on any atom is 0.276 e. The van der Waals surface area contributed by atoms with Gasteiger partial charge in [-0.05, 0) is 19.1 Å². The van der Waals surface area contributed by atoms with Crippen LogP contribution < -0.4 is 10.6 Å². The smallest absolute Gasteiger partial charge is 0.276 e. The number of nitrogens with zero attached hydrogens (tertiary/aromatic N) is 2. The Bertz CT molecular complexity index is 498. The van der Waals surface area contributed by atoms with Gasteiger partial charge in [-0.15, -0.1) is 11.3 Å². The molecule has 0 fully saturated rings. The van der Waals surface area contributed by atoms with Crippen LogP contribution in [0.4, 0.5) is 10.8 Å². The standard InChI is InChI=1S/C11H12N4OS/c1-2-12-8-3-4-13-9(7-8)10(16)15-11-14-5-6-17-11/h3-7H,2H2,1H3,(H,12,13)(H,14,15,16). The van der Waals surface area contributed by atoms with Crippen molar-refractivity contribution in [2.24, 2.45) is 0 Å². The summed E-state index contributed by atoms with van der Waals surface area (Å²) in [6, 6.07) is 3.54. The van der Waals surface area contributed by atoms with Gasteiger partial charge in [0.2, 0.25) is 0 Å². The van der Waals surface area contributed by atoms with Gasteiger partial charge in [0.15, 0.2) is 5.13 Å². The molecule has 0 bridgehead atoms. The van der Waals surface area contributed by atoms with Crippen LogP contribution in [0, 0.1) is 0 Å². The Balaban J connectivity index is 2.11. The monoisotopic (exact) mass is 248 g/mol. The number of carbonyl (C=O) groups excluding carboxylic acids is 1. The van der Waals surface area contributed by atoms with Gasteiger partial charge in [-0.3, -0.25) is 15.1 Å². The molecule has 0 saturated heterocycles. The van der Waals surface area contributed by atoms with E-state index in [-0.39, 0.29) is 5.91 Å². The average Bonchev–Trinajstić information content (AvgIpc) is 2.83. The largest absolute Gasteiger partial charge is 0.385 e. The minimum absolute atomic E-state index is 0.250. The maximum absolute atomic E-state index is 11.8. The third kappa shape index (κ3) is 3.01. The Morgan fingerprint density at radius 2 is 2.29 bits per heavy atom. The van der Waals surface area contributed by atoms with Gasteiger partial charge in [-0.2, -0.15) is 0 Å². The number of rotatable bonds is 4. The van der Waals surface area contributed by atoms with Crippen LogP contribution in [0.25, 0.3) is 0 Å². The van der Waals surface area contributed by atoms with E-state index in [0.717, 1.165) is 12.2 Å². The topological polar surface area (TPSA) is 66.9 Å². The Kier molecular flexibility index (Phi) is 3.66. The highest BCUT2D eigenvalue weighted by atomic mass is 32.1. The van der Waals surface area contributed by atoms with Crippen LogP contribution in [-0.4, -0.2) is 22.4 Å². The molecule has 6 heteroatoms. The Hall–Kier alpha value is -1.95. The van der Waals surface area contributed by atoms with Crippen LogP contribution >= 0.6 is 11.3 Å². The first-order valence-electron chi connectivity index (χ1n) is 5.20. The first-order valence-corrected chi connectivity index (χ1v) is 6.08. The number of carbonyl (C=O) groups is 1. The molecule has 0 atom stereocenters. The maximum atomic E-state index is 11.8. The molecule has 0 unspecified atom stereocenters. The van der Waals surface area contributed by atoms with Gasteiger partial charge < -0.3 is 5.32 Å². The summed E-state index contributed by atoms with van der Waals surface area (Å²) in [5, 5.41) is 8.19. The summed E-state index contributed by atoms with van der Waals surface area (Å²) < 4.78 is 0. The van der Waals surface area contributed by atoms with Crippen LogP contribution in [-0.2, 0) is 0 Å². The summed E-state index contributed by atoms with van der Waals surface area (Å²) in [5.41, 5.74) is 1.26. The SMILES string of the molecule is CCNc1ccnc(C(=O)Nc2nccs2)c1. The first-order chi connectivity index (χ1) is 8.29. The van der Waals surface area contributed by atoms with E-state index in [1.807, 2.05) is 13.0 Å². The zero-order chi connectivity index (χ0) is 12.1. The molecule has 0 saturated carbocycles. The Morgan fingerprint density at radius 3 is 3.00 bits per heavy atom. The second kappa shape index (κ2) is 5.40. The third-order valence-corrected chi connectivity index (χ3v) is 2.71. The van der Waals surface area contributed by atoms with Crippen LogP contribution in [0.2, 0.25) is 0 Å². The summed E-state index contributed by atoms with van der Waals surface area (Å²) in [6.07, 6.45) is 3.25. The second-order valence-electron chi connectivity index (χ2n) is 3.25. The van der Waals surface area contributed by atoms with Crippen molar-refractivity contribution in [2.45, 2.75) is 6.92 Å². The van der Waals surface area contributed by atoms with Gasteiger partial charge in [0, 0.05) is 30.0 Å². The highest BCUT2D eigenvalue weighted by Gasteiger charge is 2.09. The predicted octanol–water partition coefficient (Wildman–Crippen LogP) is 2.22. The Labute approximate surface area is 103 Å². The van der Waals surface area contributed by atoms with Gasteiger partial charge in [0.1, 0.15) is 5.69 Å². The molecule has 0 aliphatic carbocycles. The summed E-state index contributed by atoms with van der Waals surface area (Å²) in [5.74, 6) is -0.250. The molecule has 2 aromatic rings. The third-order valence-electron chi connectivity index (χ3n) is 2.03. The van der Waals surface area contributed by atoms with Crippen molar-refractivity contribution >= 4 is 28.1 Å². The predicted molar refractivity (Wildman–Crippen MR) is 68.5 cm³/mol. The summed E-state index contributed by atoms with van der Waals surface area (Å²) in [7, 11) is 0. The van der Waals surface area contributed by atoms with Crippen molar-refractivity contribution in [1.29, 1.82) is 0 Å². The quantitative estimate of drug-likeness (QED) is 0.870. The van der Waals surface area contributed by atoms with Crippen molar-refractivity contribution in [3.63, 3.8) is 0 Å². The van der Waals surface area contributed by atoms with Gasteiger partial charge in [-0.25, -0.2) is 4.98 Å². The molecule has 88 valence electrons. The number of amides is 1. The fourth-order valence-electron chi connectivity index (χ4n) is 1.32. The lowest BCUT2D eigenvalue weighted by Crippen LogP contribution is -2.13. The molecule has 2 aromatic heterocycles. The first kappa shape index (κ1) is 11.5. The lowest BCUT2D eigenvalue weighted by Gasteiger charge is -2.05. The molecule has 0 aromatic carbocycles. The van der Waals surface area contributed by atoms with Crippen molar-refractivity contribution in [3.8, 4) is 0 Å². The molecule has 2 N–H and O–H groups in total. The molecule has 2 rings (SSSR count). The Morgan fingerprint density at radius 1 is 1.41 bits per heavy atom. The number of nitrogens with one attached hydrogen (secondary N) is 2. The molecule has 17 heavy (non-hydrogen) atoms. The van der Waals surface area contributed by atoms with Crippen molar-refractivity contribution in [3.05, 3.63) is 35.6 Å². The van der Waals surface area contributed by atoms with E-state index in [0.29, 0.717) is 10.8 Å². The van der Waals surface area contributed by atoms with Crippen LogP contribution in [0.5, 0.6) is 0 Å². The fraction of sp³-hybridized carbons (Fsp3) is 0.182. The lowest BCUT2D eigenvalue weighted by atomic mass is 10.3. The van der Waals surface area contributed by atoms with Crippen LogP contribution in [0.15, 0.2) is 29.9 Å². The van der Waals surface area contributed by atoms with Gasteiger partial charge in [0.25, 0.3) is 5.91 Å². The summed E-state index contributed by atoms with van der Waals surface area (Å²) in [4.78, 5) is 19.8. The molecule has 0 aliphatic heterocycles. The summed E-state index contributed by atoms with van der Waals surface area (Å²) >= 11 is 1.37. The lowest BCUT2D eigenvalue weighted by molar-refractivity contribution is 0.102. The number of hydrogen-bond donors (Lipinski definition) is 2. The molecule has 0 aliphatic rings. The highest BCUT2D eigenvalue weighted by molar-refractivity contribution is 7.13. The van der Waals surface area contributed by atoms with E-state index < -0.39 is 0 Å². The van der Waals surface area contributed by atoms with E-state index in [2.05, 4.69) is 20.6 Å². The van der Waals surface area contributed by atoms with Gasteiger partial charge in [-0.1, -0.05) is 0 Å². The number of pyridine rings is 1. The van der Waals surface area contributed by atoms with Crippen LogP contribution in [0.1, 0.15) is 17.4 Å². The number of anilines is 2. The van der Waals surface area contributed by atoms with E-state index in [1.165, 1.54) is 11.3 Å². The molecular weight excluding hydrogens is 236 g/mol. The zero-order valence-electron chi connectivity index (χ0n) is 9.30. The number of aromatic nitrogens is 2. The van der Waals surface area contributed by atoms with E-state index in [4.69, 9.17) is 0 Å². The van der Waals surface area contributed by atoms with Crippen LogP contribution in [0.3, 0.4) is 0 Å².